The Morgan fingerprint density at radius 2 is 1.87 bits per heavy atom. The number of carbonyl (C=O) groups excluding carboxylic acids is 1. The lowest BCUT2D eigenvalue weighted by Gasteiger charge is -2.07. The van der Waals surface area contributed by atoms with E-state index in [2.05, 4.69) is 4.98 Å². The van der Waals surface area contributed by atoms with Gasteiger partial charge in [-0.3, -0.25) is 4.79 Å². The van der Waals surface area contributed by atoms with E-state index < -0.39 is 10.7 Å². The first-order valence-electron chi connectivity index (χ1n) is 7.02. The summed E-state index contributed by atoms with van der Waals surface area (Å²) in [5.74, 6) is -0.0457. The van der Waals surface area contributed by atoms with Crippen molar-refractivity contribution in [1.82, 2.24) is 4.98 Å². The van der Waals surface area contributed by atoms with Gasteiger partial charge in [-0.1, -0.05) is 0 Å². The number of nitrogens with zero attached hydrogens (tertiary/aromatic N) is 2. The number of pyridine rings is 1. The predicted molar refractivity (Wildman–Crippen MR) is 83.1 cm³/mol. The maximum atomic E-state index is 12.1. The molecule has 0 spiro atoms. The number of aryl methyl sites for hydroxylation is 1. The molecule has 0 amide bonds. The largest absolute Gasteiger partial charge is 0.494 e. The summed E-state index contributed by atoms with van der Waals surface area (Å²) in [5, 5.41) is 11.0. The molecule has 0 aliphatic heterocycles. The minimum atomic E-state index is -0.635. The molecule has 1 heterocycles. The summed E-state index contributed by atoms with van der Waals surface area (Å²) in [6.45, 7) is 3.75. The standard InChI is InChI=1S/C16H16N2O5/c1-3-22-13-7-5-12(6-8-13)14(19)10-23-15-9-4-11(2)17-16(15)18(20)21/h4-9H,3,10H2,1-2H3. The molecule has 0 bridgehead atoms. The second-order valence-electron chi connectivity index (χ2n) is 4.70. The summed E-state index contributed by atoms with van der Waals surface area (Å²) in [6, 6.07) is 9.64. The fourth-order valence-corrected chi connectivity index (χ4v) is 1.90. The van der Waals surface area contributed by atoms with Crippen LogP contribution in [0, 0.1) is 17.0 Å². The lowest BCUT2D eigenvalue weighted by atomic mass is 10.1. The van der Waals surface area contributed by atoms with E-state index in [4.69, 9.17) is 9.47 Å². The van der Waals surface area contributed by atoms with Crippen LogP contribution in [-0.2, 0) is 0 Å². The van der Waals surface area contributed by atoms with E-state index >= 15 is 0 Å². The first-order valence-corrected chi connectivity index (χ1v) is 7.02. The monoisotopic (exact) mass is 316 g/mol. The third kappa shape index (κ3) is 4.26. The van der Waals surface area contributed by atoms with Crippen LogP contribution in [0.4, 0.5) is 5.82 Å². The lowest BCUT2D eigenvalue weighted by Crippen LogP contribution is -2.12. The Morgan fingerprint density at radius 3 is 2.48 bits per heavy atom. The Balaban J connectivity index is 2.06. The van der Waals surface area contributed by atoms with Crippen LogP contribution in [0.15, 0.2) is 36.4 Å². The molecule has 0 aliphatic carbocycles. The van der Waals surface area contributed by atoms with Gasteiger partial charge in [0.05, 0.1) is 6.61 Å². The van der Waals surface area contributed by atoms with Gasteiger partial charge < -0.3 is 19.6 Å². The van der Waals surface area contributed by atoms with Crippen molar-refractivity contribution in [1.29, 1.82) is 0 Å². The molecule has 23 heavy (non-hydrogen) atoms. The number of rotatable bonds is 7. The topological polar surface area (TPSA) is 91.6 Å². The maximum Gasteiger partial charge on any atom is 0.406 e. The zero-order chi connectivity index (χ0) is 16.8. The molecule has 0 N–H and O–H groups in total. The molecule has 7 nitrogen and oxygen atoms in total. The summed E-state index contributed by atoms with van der Waals surface area (Å²) in [7, 11) is 0. The van der Waals surface area contributed by atoms with Gasteiger partial charge in [-0.15, -0.1) is 0 Å². The molecular formula is C16H16N2O5. The van der Waals surface area contributed by atoms with Crippen LogP contribution in [0.3, 0.4) is 0 Å². The summed E-state index contributed by atoms with van der Waals surface area (Å²) < 4.78 is 10.6. The lowest BCUT2D eigenvalue weighted by molar-refractivity contribution is -0.390. The quantitative estimate of drug-likeness (QED) is 0.443. The van der Waals surface area contributed by atoms with E-state index in [1.165, 1.54) is 6.07 Å². The Labute approximate surface area is 133 Å². The zero-order valence-electron chi connectivity index (χ0n) is 12.8. The zero-order valence-corrected chi connectivity index (χ0v) is 12.8. The molecular weight excluding hydrogens is 300 g/mol. The third-order valence-corrected chi connectivity index (χ3v) is 3.00. The van der Waals surface area contributed by atoms with Gasteiger partial charge >= 0.3 is 5.82 Å². The average molecular weight is 316 g/mol. The molecule has 0 unspecified atom stereocenters. The number of nitro groups is 1. The number of ketones is 1. The molecule has 2 aromatic rings. The van der Waals surface area contributed by atoms with E-state index in [0.29, 0.717) is 23.6 Å². The van der Waals surface area contributed by atoms with Gasteiger partial charge in [-0.2, -0.15) is 0 Å². The van der Waals surface area contributed by atoms with Gasteiger partial charge in [-0.05, 0) is 53.2 Å². The highest BCUT2D eigenvalue weighted by Gasteiger charge is 2.18. The van der Waals surface area contributed by atoms with E-state index in [0.717, 1.165) is 0 Å². The first-order chi connectivity index (χ1) is 11.0. The van der Waals surface area contributed by atoms with Gasteiger partial charge in [0.1, 0.15) is 11.4 Å². The van der Waals surface area contributed by atoms with Crippen molar-refractivity contribution in [3.63, 3.8) is 0 Å². The highest BCUT2D eigenvalue weighted by atomic mass is 16.6. The summed E-state index contributed by atoms with van der Waals surface area (Å²) in [4.78, 5) is 26.2. The summed E-state index contributed by atoms with van der Waals surface area (Å²) in [6.07, 6.45) is 0. The molecule has 0 saturated carbocycles. The predicted octanol–water partition coefficient (Wildman–Crippen LogP) is 2.96. The van der Waals surface area contributed by atoms with Crippen LogP contribution < -0.4 is 9.47 Å². The molecule has 1 aromatic carbocycles. The van der Waals surface area contributed by atoms with Gasteiger partial charge in [0, 0.05) is 12.5 Å². The van der Waals surface area contributed by atoms with Gasteiger partial charge in [0.15, 0.2) is 12.4 Å². The maximum absolute atomic E-state index is 12.1. The second-order valence-corrected chi connectivity index (χ2v) is 4.70. The minimum Gasteiger partial charge on any atom is -0.494 e. The number of carbonyl (C=O) groups is 1. The molecule has 0 radical (unpaired) electrons. The van der Waals surface area contributed by atoms with Crippen LogP contribution >= 0.6 is 0 Å². The first kappa shape index (κ1) is 16.4. The number of hydrogen-bond donors (Lipinski definition) is 0. The van der Waals surface area contributed by atoms with E-state index in [1.54, 1.807) is 37.3 Å². The molecule has 120 valence electrons. The van der Waals surface area contributed by atoms with Crippen LogP contribution in [0.25, 0.3) is 0 Å². The van der Waals surface area contributed by atoms with Crippen molar-refractivity contribution >= 4 is 11.6 Å². The average Bonchev–Trinajstić information content (AvgIpc) is 2.54. The summed E-state index contributed by atoms with van der Waals surface area (Å²) in [5.41, 5.74) is 0.943. The molecule has 0 atom stereocenters. The fraction of sp³-hybridized carbons (Fsp3) is 0.250. The number of benzene rings is 1. The van der Waals surface area contributed by atoms with Gasteiger partial charge in [-0.25, -0.2) is 0 Å². The van der Waals surface area contributed by atoms with Crippen molar-refractivity contribution in [2.75, 3.05) is 13.2 Å². The van der Waals surface area contributed by atoms with Gasteiger partial charge in [0.25, 0.3) is 0 Å². The Hall–Kier alpha value is -2.96. The highest BCUT2D eigenvalue weighted by molar-refractivity contribution is 5.97. The van der Waals surface area contributed by atoms with Crippen LogP contribution in [0.2, 0.25) is 0 Å². The molecule has 0 fully saturated rings. The van der Waals surface area contributed by atoms with Crippen molar-refractivity contribution in [3.8, 4) is 11.5 Å². The Kier molecular flexibility index (Phi) is 5.24. The molecule has 2 rings (SSSR count). The van der Waals surface area contributed by atoms with Gasteiger partial charge in [0.2, 0.25) is 5.75 Å². The fourth-order valence-electron chi connectivity index (χ4n) is 1.90. The third-order valence-electron chi connectivity index (χ3n) is 3.00. The van der Waals surface area contributed by atoms with Crippen molar-refractivity contribution in [2.24, 2.45) is 0 Å². The van der Waals surface area contributed by atoms with E-state index in [1.807, 2.05) is 6.92 Å². The van der Waals surface area contributed by atoms with Crippen molar-refractivity contribution in [3.05, 3.63) is 57.8 Å². The smallest absolute Gasteiger partial charge is 0.406 e. The number of ether oxygens (including phenoxy) is 2. The molecule has 0 saturated heterocycles. The minimum absolute atomic E-state index is 0.0279. The highest BCUT2D eigenvalue weighted by Crippen LogP contribution is 2.24. The van der Waals surface area contributed by atoms with Crippen LogP contribution in [0.5, 0.6) is 11.5 Å². The van der Waals surface area contributed by atoms with Crippen LogP contribution in [-0.4, -0.2) is 28.9 Å². The second kappa shape index (κ2) is 7.35. The Bertz CT molecular complexity index is 713. The SMILES string of the molecule is CCOc1ccc(C(=O)COc2ccc(C)nc2[N+](=O)[O-])cc1. The van der Waals surface area contributed by atoms with E-state index in [-0.39, 0.29) is 18.1 Å². The molecule has 0 aliphatic rings. The Morgan fingerprint density at radius 1 is 1.17 bits per heavy atom. The van der Waals surface area contributed by atoms with Crippen LogP contribution in [0.1, 0.15) is 23.0 Å². The normalized spacial score (nSPS) is 10.2. The van der Waals surface area contributed by atoms with Crippen molar-refractivity contribution in [2.45, 2.75) is 13.8 Å². The number of aromatic nitrogens is 1. The number of hydrogen-bond acceptors (Lipinski definition) is 6. The molecule has 7 heteroatoms. The molecule has 1 aromatic heterocycles. The number of Topliss-reactive ketones (excluding diaryl/α,β-unsaturated/α-hetero) is 1. The summed E-state index contributed by atoms with van der Waals surface area (Å²) >= 11 is 0. The van der Waals surface area contributed by atoms with E-state index in [9.17, 15) is 14.9 Å². The van der Waals surface area contributed by atoms with Crippen molar-refractivity contribution < 1.29 is 19.2 Å².